The van der Waals surface area contributed by atoms with Gasteiger partial charge in [-0.15, -0.1) is 0 Å². The standard InChI is InChI=1S/C21H25N3O3/c1-15-8-10-16(11-9-15)23-20(26)13-22-19-7-3-2-6-18(19)21(27)24-12-4-5-17(25)14-24/h2-3,6-11,17,22,25H,4-5,12-14H2,1H3,(H,23,26). The molecule has 2 aromatic rings. The number of likely N-dealkylation sites (tertiary alicyclic amines) is 1. The van der Waals surface area contributed by atoms with E-state index < -0.39 is 6.10 Å². The summed E-state index contributed by atoms with van der Waals surface area (Å²) in [5.41, 5.74) is 2.98. The van der Waals surface area contributed by atoms with Gasteiger partial charge in [-0.25, -0.2) is 0 Å². The molecule has 1 aliphatic rings. The van der Waals surface area contributed by atoms with Crippen LogP contribution in [0.25, 0.3) is 0 Å². The van der Waals surface area contributed by atoms with Gasteiger partial charge in [0.1, 0.15) is 0 Å². The first-order valence-corrected chi connectivity index (χ1v) is 9.19. The van der Waals surface area contributed by atoms with Gasteiger partial charge in [0, 0.05) is 24.5 Å². The zero-order valence-electron chi connectivity index (χ0n) is 15.4. The van der Waals surface area contributed by atoms with Crippen molar-refractivity contribution in [2.24, 2.45) is 0 Å². The van der Waals surface area contributed by atoms with Crippen LogP contribution >= 0.6 is 0 Å². The number of para-hydroxylation sites is 1. The molecule has 27 heavy (non-hydrogen) atoms. The predicted octanol–water partition coefficient (Wildman–Crippen LogP) is 2.64. The molecule has 2 amide bonds. The molecule has 3 N–H and O–H groups in total. The summed E-state index contributed by atoms with van der Waals surface area (Å²) in [6, 6.07) is 14.7. The van der Waals surface area contributed by atoms with Crippen LogP contribution in [0.2, 0.25) is 0 Å². The summed E-state index contributed by atoms with van der Waals surface area (Å²) < 4.78 is 0. The van der Waals surface area contributed by atoms with Gasteiger partial charge in [0.05, 0.1) is 18.2 Å². The molecule has 1 aliphatic heterocycles. The Morgan fingerprint density at radius 3 is 2.63 bits per heavy atom. The molecule has 0 radical (unpaired) electrons. The number of nitrogens with one attached hydrogen (secondary N) is 2. The highest BCUT2D eigenvalue weighted by molar-refractivity contribution is 6.01. The summed E-state index contributed by atoms with van der Waals surface area (Å²) in [4.78, 5) is 26.7. The average molecular weight is 367 g/mol. The average Bonchev–Trinajstić information content (AvgIpc) is 2.68. The number of amides is 2. The van der Waals surface area contributed by atoms with Crippen LogP contribution in [0, 0.1) is 6.92 Å². The topological polar surface area (TPSA) is 81.7 Å². The number of carbonyl (C=O) groups is 2. The van der Waals surface area contributed by atoms with Gasteiger partial charge < -0.3 is 20.6 Å². The highest BCUT2D eigenvalue weighted by Crippen LogP contribution is 2.20. The molecule has 142 valence electrons. The molecule has 0 aromatic heterocycles. The number of aliphatic hydroxyl groups is 1. The van der Waals surface area contributed by atoms with Crippen LogP contribution in [0.5, 0.6) is 0 Å². The first kappa shape index (κ1) is 18.9. The molecule has 0 spiro atoms. The highest BCUT2D eigenvalue weighted by Gasteiger charge is 2.24. The molecule has 1 unspecified atom stereocenters. The molecule has 2 aromatic carbocycles. The third-order valence-electron chi connectivity index (χ3n) is 4.62. The fraction of sp³-hybridized carbons (Fsp3) is 0.333. The second-order valence-corrected chi connectivity index (χ2v) is 6.86. The van der Waals surface area contributed by atoms with Crippen LogP contribution in [0.4, 0.5) is 11.4 Å². The molecule has 6 heteroatoms. The van der Waals surface area contributed by atoms with Gasteiger partial charge in [0.25, 0.3) is 5.91 Å². The highest BCUT2D eigenvalue weighted by atomic mass is 16.3. The van der Waals surface area contributed by atoms with Crippen LogP contribution in [0.3, 0.4) is 0 Å². The lowest BCUT2D eigenvalue weighted by Crippen LogP contribution is -2.42. The van der Waals surface area contributed by atoms with Gasteiger partial charge in [-0.2, -0.15) is 0 Å². The molecule has 0 bridgehead atoms. The minimum absolute atomic E-state index is 0.0563. The number of nitrogens with zero attached hydrogens (tertiary/aromatic N) is 1. The number of β-amino-alcohol motifs (C(OH)–C–C–N with tert-alkyl or cyclic N) is 1. The van der Waals surface area contributed by atoms with E-state index in [1.54, 1.807) is 23.1 Å². The van der Waals surface area contributed by atoms with Gasteiger partial charge in [-0.1, -0.05) is 29.8 Å². The molecule has 1 saturated heterocycles. The quantitative estimate of drug-likeness (QED) is 0.759. The Labute approximate surface area is 159 Å². The number of aryl methyl sites for hydroxylation is 1. The molecular weight excluding hydrogens is 342 g/mol. The summed E-state index contributed by atoms with van der Waals surface area (Å²) in [6.45, 7) is 3.03. The van der Waals surface area contributed by atoms with Crippen LogP contribution in [-0.2, 0) is 4.79 Å². The number of hydrogen-bond donors (Lipinski definition) is 3. The monoisotopic (exact) mass is 367 g/mol. The SMILES string of the molecule is Cc1ccc(NC(=O)CNc2ccccc2C(=O)N2CCCC(O)C2)cc1. The van der Waals surface area contributed by atoms with E-state index in [1.807, 2.05) is 37.3 Å². The number of benzene rings is 2. The molecule has 3 rings (SSSR count). The molecule has 0 aliphatic carbocycles. The molecule has 1 fully saturated rings. The van der Waals surface area contributed by atoms with Crippen molar-refractivity contribution < 1.29 is 14.7 Å². The maximum absolute atomic E-state index is 12.8. The molecule has 6 nitrogen and oxygen atoms in total. The van der Waals surface area contributed by atoms with E-state index >= 15 is 0 Å². The molecule has 1 atom stereocenters. The summed E-state index contributed by atoms with van der Waals surface area (Å²) in [5, 5.41) is 15.7. The third kappa shape index (κ3) is 5.08. The number of aliphatic hydroxyl groups excluding tert-OH is 1. The van der Waals surface area contributed by atoms with Crippen LogP contribution in [0.1, 0.15) is 28.8 Å². The van der Waals surface area contributed by atoms with E-state index in [9.17, 15) is 14.7 Å². The largest absolute Gasteiger partial charge is 0.391 e. The van der Waals surface area contributed by atoms with Crippen molar-refractivity contribution in [3.8, 4) is 0 Å². The van der Waals surface area contributed by atoms with Crippen molar-refractivity contribution in [1.82, 2.24) is 4.90 Å². The van der Waals surface area contributed by atoms with Gasteiger partial charge in [0.2, 0.25) is 5.91 Å². The van der Waals surface area contributed by atoms with Crippen molar-refractivity contribution in [3.05, 3.63) is 59.7 Å². The minimum atomic E-state index is -0.469. The lowest BCUT2D eigenvalue weighted by molar-refractivity contribution is -0.114. The molecular formula is C21H25N3O3. The lowest BCUT2D eigenvalue weighted by atomic mass is 10.1. The number of carbonyl (C=O) groups excluding carboxylic acids is 2. The first-order valence-electron chi connectivity index (χ1n) is 9.19. The number of hydrogen-bond acceptors (Lipinski definition) is 4. The van der Waals surface area contributed by atoms with Crippen LogP contribution in [0.15, 0.2) is 48.5 Å². The molecule has 0 saturated carbocycles. The number of anilines is 2. The zero-order valence-corrected chi connectivity index (χ0v) is 15.4. The Kier molecular flexibility index (Phi) is 6.08. The predicted molar refractivity (Wildman–Crippen MR) is 106 cm³/mol. The van der Waals surface area contributed by atoms with Gasteiger partial charge in [-0.3, -0.25) is 9.59 Å². The summed E-state index contributed by atoms with van der Waals surface area (Å²) >= 11 is 0. The summed E-state index contributed by atoms with van der Waals surface area (Å²) in [6.07, 6.45) is 1.05. The van der Waals surface area contributed by atoms with E-state index in [4.69, 9.17) is 0 Å². The minimum Gasteiger partial charge on any atom is -0.391 e. The fourth-order valence-electron chi connectivity index (χ4n) is 3.15. The summed E-state index contributed by atoms with van der Waals surface area (Å²) in [7, 11) is 0. The maximum atomic E-state index is 12.8. The fourth-order valence-corrected chi connectivity index (χ4v) is 3.15. The van der Waals surface area contributed by atoms with Crippen LogP contribution < -0.4 is 10.6 Å². The van der Waals surface area contributed by atoms with Crippen molar-refractivity contribution in [2.45, 2.75) is 25.9 Å². The van der Waals surface area contributed by atoms with E-state index in [0.717, 1.165) is 24.1 Å². The van der Waals surface area contributed by atoms with E-state index in [2.05, 4.69) is 10.6 Å². The maximum Gasteiger partial charge on any atom is 0.256 e. The van der Waals surface area contributed by atoms with Crippen LogP contribution in [-0.4, -0.2) is 47.6 Å². The van der Waals surface area contributed by atoms with E-state index in [-0.39, 0.29) is 18.4 Å². The smallest absolute Gasteiger partial charge is 0.256 e. The Hall–Kier alpha value is -2.86. The van der Waals surface area contributed by atoms with Crippen molar-refractivity contribution in [2.75, 3.05) is 30.3 Å². The third-order valence-corrected chi connectivity index (χ3v) is 4.62. The number of piperidine rings is 1. The van der Waals surface area contributed by atoms with Gasteiger partial charge in [-0.05, 0) is 44.0 Å². The van der Waals surface area contributed by atoms with Crippen molar-refractivity contribution in [1.29, 1.82) is 0 Å². The first-order chi connectivity index (χ1) is 13.0. The van der Waals surface area contributed by atoms with Gasteiger partial charge in [0.15, 0.2) is 0 Å². The van der Waals surface area contributed by atoms with Gasteiger partial charge >= 0.3 is 0 Å². The Bertz CT molecular complexity index is 805. The van der Waals surface area contributed by atoms with E-state index in [1.165, 1.54) is 0 Å². The van der Waals surface area contributed by atoms with E-state index in [0.29, 0.717) is 24.3 Å². The Balaban J connectivity index is 1.62. The second kappa shape index (κ2) is 8.68. The Morgan fingerprint density at radius 2 is 1.89 bits per heavy atom. The lowest BCUT2D eigenvalue weighted by Gasteiger charge is -2.30. The number of rotatable bonds is 5. The van der Waals surface area contributed by atoms with Crippen molar-refractivity contribution >= 4 is 23.2 Å². The normalized spacial score (nSPS) is 16.7. The van der Waals surface area contributed by atoms with Crippen molar-refractivity contribution in [3.63, 3.8) is 0 Å². The molecule has 1 heterocycles. The zero-order chi connectivity index (χ0) is 19.2. The Morgan fingerprint density at radius 1 is 1.15 bits per heavy atom. The second-order valence-electron chi connectivity index (χ2n) is 6.86. The summed E-state index contributed by atoms with van der Waals surface area (Å²) in [5.74, 6) is -0.315.